The number of benzene rings is 1. The molecule has 7 heteroatoms. The zero-order chi connectivity index (χ0) is 14.5. The summed E-state index contributed by atoms with van der Waals surface area (Å²) in [5.41, 5.74) is 0.373. The number of hydrogen-bond acceptors (Lipinski definition) is 5. The Morgan fingerprint density at radius 1 is 1.42 bits per heavy atom. The van der Waals surface area contributed by atoms with Gasteiger partial charge in [-0.25, -0.2) is 8.42 Å². The van der Waals surface area contributed by atoms with Crippen molar-refractivity contribution in [2.24, 2.45) is 0 Å². The van der Waals surface area contributed by atoms with E-state index < -0.39 is 16.0 Å². The lowest BCUT2D eigenvalue weighted by molar-refractivity contribution is -0.140. The first kappa shape index (κ1) is 15.3. The third-order valence-corrected chi connectivity index (χ3v) is 4.47. The third kappa shape index (κ3) is 4.44. The second-order valence-corrected chi connectivity index (χ2v) is 6.10. The van der Waals surface area contributed by atoms with Crippen molar-refractivity contribution < 1.29 is 23.1 Å². The Morgan fingerprint density at radius 2 is 2.11 bits per heavy atom. The minimum atomic E-state index is -3.52. The molecule has 1 aromatic carbocycles. The number of ether oxygens (including phenoxy) is 1. The van der Waals surface area contributed by atoms with Gasteiger partial charge in [0.2, 0.25) is 10.0 Å². The number of hydrogen-bond donors (Lipinski definition) is 1. The van der Waals surface area contributed by atoms with E-state index in [0.717, 1.165) is 4.31 Å². The second-order valence-electron chi connectivity index (χ2n) is 3.98. The molecular formula is C12H17NO5S. The number of methoxy groups -OCH3 is 1. The van der Waals surface area contributed by atoms with E-state index in [1.165, 1.54) is 26.3 Å². The van der Waals surface area contributed by atoms with E-state index in [9.17, 15) is 18.3 Å². The molecule has 1 rings (SSSR count). The molecule has 0 spiro atoms. The quantitative estimate of drug-likeness (QED) is 0.792. The molecule has 0 aliphatic carbocycles. The topological polar surface area (TPSA) is 83.9 Å². The van der Waals surface area contributed by atoms with Gasteiger partial charge in [-0.3, -0.25) is 9.10 Å². The number of rotatable bonds is 6. The Bertz CT molecular complexity index is 541. The predicted octanol–water partition coefficient (Wildman–Crippen LogP) is 1.11. The van der Waals surface area contributed by atoms with E-state index in [-0.39, 0.29) is 24.3 Å². The minimum absolute atomic E-state index is 0.00545. The number of phenols is 1. The van der Waals surface area contributed by atoms with Gasteiger partial charge >= 0.3 is 5.97 Å². The third-order valence-electron chi connectivity index (χ3n) is 2.62. The Labute approximate surface area is 112 Å². The fourth-order valence-electron chi connectivity index (χ4n) is 1.49. The summed E-state index contributed by atoms with van der Waals surface area (Å²) in [7, 11) is -0.855. The number of nitrogens with zero attached hydrogens (tertiary/aromatic N) is 1. The molecule has 0 bridgehead atoms. The van der Waals surface area contributed by atoms with Gasteiger partial charge in [0.15, 0.2) is 0 Å². The van der Waals surface area contributed by atoms with Gasteiger partial charge in [0, 0.05) is 19.5 Å². The highest BCUT2D eigenvalue weighted by molar-refractivity contribution is 7.92. The van der Waals surface area contributed by atoms with Gasteiger partial charge in [0.25, 0.3) is 0 Å². The predicted molar refractivity (Wildman–Crippen MR) is 71.5 cm³/mol. The minimum Gasteiger partial charge on any atom is -0.508 e. The van der Waals surface area contributed by atoms with Gasteiger partial charge < -0.3 is 9.84 Å². The smallest absolute Gasteiger partial charge is 0.305 e. The second kappa shape index (κ2) is 6.42. The van der Waals surface area contributed by atoms with Crippen molar-refractivity contribution in [3.63, 3.8) is 0 Å². The fourth-order valence-corrected chi connectivity index (χ4v) is 2.71. The van der Waals surface area contributed by atoms with Crippen LogP contribution in [0.25, 0.3) is 0 Å². The molecule has 1 aromatic rings. The number of anilines is 1. The normalized spacial score (nSPS) is 11.1. The van der Waals surface area contributed by atoms with Crippen LogP contribution < -0.4 is 4.31 Å². The molecule has 0 aliphatic heterocycles. The maximum Gasteiger partial charge on any atom is 0.305 e. The molecule has 0 fully saturated rings. The molecule has 0 radical (unpaired) electrons. The van der Waals surface area contributed by atoms with Gasteiger partial charge in [-0.1, -0.05) is 6.07 Å². The molecule has 0 aliphatic rings. The Kier molecular flexibility index (Phi) is 5.17. The first-order valence-electron chi connectivity index (χ1n) is 5.69. The summed E-state index contributed by atoms with van der Waals surface area (Å²) < 4.78 is 29.5. The molecule has 0 heterocycles. The van der Waals surface area contributed by atoms with Gasteiger partial charge in [-0.2, -0.15) is 0 Å². The van der Waals surface area contributed by atoms with Crippen molar-refractivity contribution in [3.05, 3.63) is 24.3 Å². The van der Waals surface area contributed by atoms with Gasteiger partial charge in [0.1, 0.15) is 5.75 Å². The van der Waals surface area contributed by atoms with E-state index in [1.54, 1.807) is 12.1 Å². The number of carbonyl (C=O) groups excluding carboxylic acids is 1. The first-order chi connectivity index (χ1) is 8.86. The number of sulfonamides is 1. The van der Waals surface area contributed by atoms with Crippen molar-refractivity contribution >= 4 is 21.7 Å². The SMILES string of the molecule is COC(=O)CCCS(=O)(=O)N(C)c1cccc(O)c1. The summed E-state index contributed by atoms with van der Waals surface area (Å²) in [5.74, 6) is -0.599. The molecular weight excluding hydrogens is 270 g/mol. The average molecular weight is 287 g/mol. The van der Waals surface area contributed by atoms with Crippen LogP contribution in [-0.4, -0.2) is 39.4 Å². The number of esters is 1. The van der Waals surface area contributed by atoms with Crippen LogP contribution in [0.3, 0.4) is 0 Å². The maximum absolute atomic E-state index is 12.0. The Morgan fingerprint density at radius 3 is 2.68 bits per heavy atom. The molecule has 0 amide bonds. The van der Waals surface area contributed by atoms with Crippen molar-refractivity contribution in [3.8, 4) is 5.75 Å². The van der Waals surface area contributed by atoms with Crippen LogP contribution in [0.1, 0.15) is 12.8 Å². The molecule has 6 nitrogen and oxygen atoms in total. The van der Waals surface area contributed by atoms with Crippen molar-refractivity contribution in [1.82, 2.24) is 0 Å². The van der Waals surface area contributed by atoms with Crippen LogP contribution in [0.4, 0.5) is 5.69 Å². The summed E-state index contributed by atoms with van der Waals surface area (Å²) in [6.45, 7) is 0. The summed E-state index contributed by atoms with van der Waals surface area (Å²) in [6.07, 6.45) is 0.252. The standard InChI is InChI=1S/C12H17NO5S/c1-13(10-5-3-6-11(14)9-10)19(16,17)8-4-7-12(15)18-2/h3,5-6,9,14H,4,7-8H2,1-2H3. The number of carbonyl (C=O) groups is 1. The van der Waals surface area contributed by atoms with Crippen molar-refractivity contribution in [2.45, 2.75) is 12.8 Å². The highest BCUT2D eigenvalue weighted by Crippen LogP contribution is 2.21. The van der Waals surface area contributed by atoms with Crippen molar-refractivity contribution in [1.29, 1.82) is 0 Å². The Hall–Kier alpha value is -1.76. The van der Waals surface area contributed by atoms with E-state index in [4.69, 9.17) is 0 Å². The highest BCUT2D eigenvalue weighted by Gasteiger charge is 2.19. The van der Waals surface area contributed by atoms with E-state index in [1.807, 2.05) is 0 Å². The van der Waals surface area contributed by atoms with Crippen LogP contribution >= 0.6 is 0 Å². The summed E-state index contributed by atoms with van der Waals surface area (Å²) in [6, 6.07) is 5.96. The monoisotopic (exact) mass is 287 g/mol. The molecule has 0 unspecified atom stereocenters. The van der Waals surface area contributed by atoms with Gasteiger partial charge in [-0.05, 0) is 18.6 Å². The maximum atomic E-state index is 12.0. The average Bonchev–Trinajstić information content (AvgIpc) is 2.37. The van der Waals surface area contributed by atoms with Crippen LogP contribution in [0, 0.1) is 0 Å². The zero-order valence-corrected chi connectivity index (χ0v) is 11.7. The van der Waals surface area contributed by atoms with Crippen LogP contribution in [0.5, 0.6) is 5.75 Å². The summed E-state index contributed by atoms with van der Waals surface area (Å²) in [5, 5.41) is 9.33. The lowest BCUT2D eigenvalue weighted by Gasteiger charge is -2.19. The molecule has 0 aromatic heterocycles. The summed E-state index contributed by atoms with van der Waals surface area (Å²) >= 11 is 0. The van der Waals surface area contributed by atoms with Crippen LogP contribution in [0.2, 0.25) is 0 Å². The highest BCUT2D eigenvalue weighted by atomic mass is 32.2. The number of phenolic OH excluding ortho intramolecular Hbond substituents is 1. The van der Waals surface area contributed by atoms with Crippen molar-refractivity contribution in [2.75, 3.05) is 24.2 Å². The van der Waals surface area contributed by atoms with E-state index in [2.05, 4.69) is 4.74 Å². The van der Waals surface area contributed by atoms with Crippen LogP contribution in [-0.2, 0) is 19.6 Å². The van der Waals surface area contributed by atoms with E-state index >= 15 is 0 Å². The molecule has 1 N–H and O–H groups in total. The molecule has 0 saturated carbocycles. The van der Waals surface area contributed by atoms with E-state index in [0.29, 0.717) is 5.69 Å². The lowest BCUT2D eigenvalue weighted by atomic mass is 10.3. The largest absolute Gasteiger partial charge is 0.508 e. The summed E-state index contributed by atoms with van der Waals surface area (Å²) in [4.78, 5) is 10.9. The molecule has 106 valence electrons. The fraction of sp³-hybridized carbons (Fsp3) is 0.417. The first-order valence-corrected chi connectivity index (χ1v) is 7.30. The van der Waals surface area contributed by atoms with Crippen LogP contribution in [0.15, 0.2) is 24.3 Å². The van der Waals surface area contributed by atoms with Gasteiger partial charge in [0.05, 0.1) is 18.6 Å². The number of aromatic hydroxyl groups is 1. The molecule has 0 saturated heterocycles. The molecule has 19 heavy (non-hydrogen) atoms. The zero-order valence-electron chi connectivity index (χ0n) is 10.9. The lowest BCUT2D eigenvalue weighted by Crippen LogP contribution is -2.29. The molecule has 0 atom stereocenters. The van der Waals surface area contributed by atoms with Gasteiger partial charge in [-0.15, -0.1) is 0 Å². The Balaban J connectivity index is 2.69.